The lowest BCUT2D eigenvalue weighted by atomic mass is 9.96. The highest BCUT2D eigenvalue weighted by Crippen LogP contribution is 2.22. The number of hydrogen-bond acceptors (Lipinski definition) is 0. The maximum Gasteiger partial charge on any atom is 0.113 e. The molecule has 0 nitrogen and oxygen atoms in total. The molecule has 0 fully saturated rings. The smallest absolute Gasteiger partial charge is 0.0944 e. The topological polar surface area (TPSA) is 0 Å². The lowest BCUT2D eigenvalue weighted by Crippen LogP contribution is -2.01. The second kappa shape index (κ2) is 3.10. The Hall–Kier alpha value is 0.245. The molecule has 0 aromatic heterocycles. The quantitative estimate of drug-likeness (QED) is 0.628. The number of halogens is 2. The van der Waals surface area contributed by atoms with Gasteiger partial charge in [0.25, 0.3) is 0 Å². The molecular formula is C7H5BBr2. The van der Waals surface area contributed by atoms with Gasteiger partial charge in [-0.25, -0.2) is 0 Å². The molecule has 0 saturated heterocycles. The van der Waals surface area contributed by atoms with E-state index in [1.165, 1.54) is 5.56 Å². The first kappa shape index (κ1) is 8.34. The molecule has 0 atom stereocenters. The minimum absolute atomic E-state index is 0.768. The van der Waals surface area contributed by atoms with Gasteiger partial charge in [0.15, 0.2) is 0 Å². The first-order valence-corrected chi connectivity index (χ1v) is 4.41. The van der Waals surface area contributed by atoms with E-state index in [2.05, 4.69) is 31.9 Å². The summed E-state index contributed by atoms with van der Waals surface area (Å²) in [6, 6.07) is 3.78. The Morgan fingerprint density at radius 1 is 1.20 bits per heavy atom. The van der Waals surface area contributed by atoms with Crippen LogP contribution >= 0.6 is 31.9 Å². The Morgan fingerprint density at radius 2 is 1.60 bits per heavy atom. The molecule has 1 rings (SSSR count). The molecule has 0 unspecified atom stereocenters. The van der Waals surface area contributed by atoms with E-state index in [1.54, 1.807) is 0 Å². The van der Waals surface area contributed by atoms with Crippen molar-refractivity contribution in [3.63, 3.8) is 0 Å². The summed E-state index contributed by atoms with van der Waals surface area (Å²) in [5.74, 6) is 0. The Balaban J connectivity index is 3.31. The molecule has 0 N–H and O–H groups in total. The van der Waals surface area contributed by atoms with Crippen LogP contribution in [0.4, 0.5) is 0 Å². The molecule has 0 bridgehead atoms. The zero-order valence-electron chi connectivity index (χ0n) is 5.49. The monoisotopic (exact) mass is 258 g/mol. The molecule has 0 spiro atoms. The van der Waals surface area contributed by atoms with E-state index in [9.17, 15) is 0 Å². The van der Waals surface area contributed by atoms with Crippen molar-refractivity contribution in [3.8, 4) is 0 Å². The molecule has 3 heteroatoms. The first-order chi connectivity index (χ1) is 4.61. The van der Waals surface area contributed by atoms with Crippen LogP contribution in [0.2, 0.25) is 0 Å². The molecule has 0 aliphatic heterocycles. The lowest BCUT2D eigenvalue weighted by Gasteiger charge is -2.02. The Morgan fingerprint density at radius 3 is 2.00 bits per heavy atom. The fourth-order valence-electron chi connectivity index (χ4n) is 0.665. The molecule has 0 aliphatic carbocycles. The first-order valence-electron chi connectivity index (χ1n) is 2.82. The molecule has 1 aromatic rings. The van der Waals surface area contributed by atoms with Crippen molar-refractivity contribution >= 4 is 45.2 Å². The largest absolute Gasteiger partial charge is 0.113 e. The van der Waals surface area contributed by atoms with E-state index in [-0.39, 0.29) is 0 Å². The summed E-state index contributed by atoms with van der Waals surface area (Å²) >= 11 is 6.77. The highest BCUT2D eigenvalue weighted by molar-refractivity contribution is 9.11. The van der Waals surface area contributed by atoms with Crippen molar-refractivity contribution in [1.82, 2.24) is 0 Å². The number of hydrogen-bond donors (Lipinski definition) is 0. The van der Waals surface area contributed by atoms with Crippen molar-refractivity contribution in [1.29, 1.82) is 0 Å². The summed E-state index contributed by atoms with van der Waals surface area (Å²) in [6.07, 6.45) is 0. The van der Waals surface area contributed by atoms with Crippen LogP contribution in [-0.4, -0.2) is 7.85 Å². The summed E-state index contributed by atoms with van der Waals surface area (Å²) < 4.78 is 2.08. The van der Waals surface area contributed by atoms with Gasteiger partial charge in [-0.1, -0.05) is 49.5 Å². The molecule has 10 heavy (non-hydrogen) atoms. The van der Waals surface area contributed by atoms with Crippen molar-refractivity contribution in [3.05, 3.63) is 26.6 Å². The van der Waals surface area contributed by atoms with Crippen molar-refractivity contribution < 1.29 is 0 Å². The fraction of sp³-hybridized carbons (Fsp3) is 0.143. The molecule has 2 radical (unpaired) electrons. The van der Waals surface area contributed by atoms with Gasteiger partial charge in [0.2, 0.25) is 0 Å². The molecule has 0 heterocycles. The number of benzene rings is 1. The Kier molecular flexibility index (Phi) is 2.58. The third kappa shape index (κ3) is 1.64. The molecule has 0 saturated carbocycles. The summed E-state index contributed by atoms with van der Waals surface area (Å²) in [4.78, 5) is 0. The molecule has 50 valence electrons. The van der Waals surface area contributed by atoms with Crippen LogP contribution in [0.3, 0.4) is 0 Å². The highest BCUT2D eigenvalue weighted by atomic mass is 79.9. The van der Waals surface area contributed by atoms with Crippen LogP contribution < -0.4 is 5.46 Å². The molecule has 1 aromatic carbocycles. The average molecular weight is 260 g/mol. The zero-order chi connectivity index (χ0) is 7.72. The predicted molar refractivity (Wildman–Crippen MR) is 52.0 cm³/mol. The average Bonchev–Trinajstić information content (AvgIpc) is 1.82. The van der Waals surface area contributed by atoms with Crippen molar-refractivity contribution in [2.75, 3.05) is 0 Å². The van der Waals surface area contributed by atoms with Gasteiger partial charge < -0.3 is 0 Å². The van der Waals surface area contributed by atoms with Gasteiger partial charge in [-0.3, -0.25) is 0 Å². The minimum Gasteiger partial charge on any atom is -0.0944 e. The minimum atomic E-state index is 0.768. The van der Waals surface area contributed by atoms with E-state index in [1.807, 2.05) is 19.1 Å². The molecular weight excluding hydrogens is 255 g/mol. The maximum absolute atomic E-state index is 5.57. The van der Waals surface area contributed by atoms with Crippen LogP contribution in [0.15, 0.2) is 21.1 Å². The Labute approximate surface area is 78.7 Å². The number of rotatable bonds is 0. The summed E-state index contributed by atoms with van der Waals surface area (Å²) in [7, 11) is 5.57. The SMILES string of the molecule is [B]c1cc(Br)c(C)c(Br)c1. The van der Waals surface area contributed by atoms with Crippen LogP contribution in [-0.2, 0) is 0 Å². The van der Waals surface area contributed by atoms with E-state index in [4.69, 9.17) is 7.85 Å². The van der Waals surface area contributed by atoms with Crippen LogP contribution in [0.25, 0.3) is 0 Å². The van der Waals surface area contributed by atoms with Gasteiger partial charge in [-0.2, -0.15) is 0 Å². The van der Waals surface area contributed by atoms with E-state index in [0.717, 1.165) is 14.4 Å². The van der Waals surface area contributed by atoms with Crippen molar-refractivity contribution in [2.24, 2.45) is 0 Å². The van der Waals surface area contributed by atoms with Gasteiger partial charge in [0.1, 0.15) is 7.85 Å². The zero-order valence-corrected chi connectivity index (χ0v) is 8.66. The standard InChI is InChI=1S/C7H5BBr2/c1-4-6(9)2-5(8)3-7(4)10/h2-3H,1H3. The second-order valence-electron chi connectivity index (χ2n) is 2.11. The van der Waals surface area contributed by atoms with Crippen molar-refractivity contribution in [2.45, 2.75) is 6.92 Å². The summed E-state index contributed by atoms with van der Waals surface area (Å²) in [5, 5.41) is 0. The fourth-order valence-corrected chi connectivity index (χ4v) is 1.89. The Bertz CT molecular complexity index is 235. The highest BCUT2D eigenvalue weighted by Gasteiger charge is 1.98. The van der Waals surface area contributed by atoms with E-state index in [0.29, 0.717) is 0 Å². The van der Waals surface area contributed by atoms with E-state index >= 15 is 0 Å². The van der Waals surface area contributed by atoms with Gasteiger partial charge in [-0.05, 0) is 12.5 Å². The molecule has 0 aliphatic rings. The van der Waals surface area contributed by atoms with E-state index < -0.39 is 0 Å². The third-order valence-corrected chi connectivity index (χ3v) is 2.95. The second-order valence-corrected chi connectivity index (χ2v) is 3.82. The molecule has 0 amide bonds. The van der Waals surface area contributed by atoms with Crippen LogP contribution in [0, 0.1) is 6.92 Å². The van der Waals surface area contributed by atoms with Gasteiger partial charge in [0, 0.05) is 8.95 Å². The third-order valence-electron chi connectivity index (χ3n) is 1.30. The maximum atomic E-state index is 5.57. The normalized spacial score (nSPS) is 9.90. The summed E-state index contributed by atoms with van der Waals surface area (Å²) in [5.41, 5.74) is 1.94. The van der Waals surface area contributed by atoms with Crippen LogP contribution in [0.1, 0.15) is 5.56 Å². The lowest BCUT2D eigenvalue weighted by molar-refractivity contribution is 1.41. The van der Waals surface area contributed by atoms with Gasteiger partial charge >= 0.3 is 0 Å². The van der Waals surface area contributed by atoms with Crippen LogP contribution in [0.5, 0.6) is 0 Å². The van der Waals surface area contributed by atoms with Gasteiger partial charge in [0.05, 0.1) is 0 Å². The van der Waals surface area contributed by atoms with Gasteiger partial charge in [-0.15, -0.1) is 0 Å². The summed E-state index contributed by atoms with van der Waals surface area (Å²) in [6.45, 7) is 2.02. The predicted octanol–water partition coefficient (Wildman–Crippen LogP) is 2.31.